The van der Waals surface area contributed by atoms with E-state index in [0.717, 1.165) is 0 Å². The van der Waals surface area contributed by atoms with Gasteiger partial charge in [0.25, 0.3) is 5.91 Å². The molecule has 2 N–H and O–H groups in total. The van der Waals surface area contributed by atoms with Gasteiger partial charge >= 0.3 is 0 Å². The number of carbonyl (C=O) groups excluding carboxylic acids is 2. The Labute approximate surface area is 73.9 Å². The second-order valence-corrected chi connectivity index (χ2v) is 2.84. The summed E-state index contributed by atoms with van der Waals surface area (Å²) in [6, 6.07) is 0. The van der Waals surface area contributed by atoms with Crippen molar-refractivity contribution in [2.45, 2.75) is 0 Å². The van der Waals surface area contributed by atoms with Gasteiger partial charge in [-0.15, -0.1) is 0 Å². The first-order valence-electron chi connectivity index (χ1n) is 3.77. The number of likely N-dealkylation sites (N-methyl/N-ethyl adjacent to an activating group) is 1. The molecule has 0 aliphatic carbocycles. The van der Waals surface area contributed by atoms with Crippen LogP contribution in [0.3, 0.4) is 0 Å². The Hall–Kier alpha value is -1.85. The van der Waals surface area contributed by atoms with Crippen LogP contribution in [0.25, 0.3) is 0 Å². The lowest BCUT2D eigenvalue weighted by Crippen LogP contribution is -2.31. The number of H-pyrrole nitrogens is 1. The van der Waals surface area contributed by atoms with Gasteiger partial charge in [-0.1, -0.05) is 0 Å². The van der Waals surface area contributed by atoms with Gasteiger partial charge in [0.1, 0.15) is 5.69 Å². The van der Waals surface area contributed by atoms with Gasteiger partial charge in [0.2, 0.25) is 5.91 Å². The van der Waals surface area contributed by atoms with E-state index in [2.05, 4.69) is 15.3 Å². The van der Waals surface area contributed by atoms with Crippen molar-refractivity contribution in [1.29, 1.82) is 0 Å². The minimum atomic E-state index is -0.235. The summed E-state index contributed by atoms with van der Waals surface area (Å²) in [5, 5.41) is 2.52. The summed E-state index contributed by atoms with van der Waals surface area (Å²) in [4.78, 5) is 30.5. The number of fused-ring (bicyclic) bond motifs is 1. The van der Waals surface area contributed by atoms with Crippen molar-refractivity contribution >= 4 is 17.6 Å². The minimum Gasteiger partial charge on any atom is -0.339 e. The molecule has 68 valence electrons. The molecule has 2 amide bonds. The topological polar surface area (TPSA) is 78.1 Å². The Kier molecular flexibility index (Phi) is 1.54. The van der Waals surface area contributed by atoms with Crippen LogP contribution in [0.15, 0.2) is 6.33 Å². The standard InChI is InChI=1S/C7H8N4O2/c1-11-2-4(12)10-6-5(7(11)13)8-3-9-6/h3H,2H2,1H3,(H,8,9)(H,10,12). The third-order valence-corrected chi connectivity index (χ3v) is 1.84. The molecule has 6 nitrogen and oxygen atoms in total. The molecular weight excluding hydrogens is 172 g/mol. The third kappa shape index (κ3) is 1.16. The maximum atomic E-state index is 11.5. The van der Waals surface area contributed by atoms with Crippen LogP contribution in [0.2, 0.25) is 0 Å². The maximum absolute atomic E-state index is 11.5. The molecule has 0 bridgehead atoms. The quantitative estimate of drug-likeness (QED) is 0.561. The highest BCUT2D eigenvalue weighted by Gasteiger charge is 2.25. The largest absolute Gasteiger partial charge is 0.339 e. The van der Waals surface area contributed by atoms with Crippen LogP contribution < -0.4 is 5.32 Å². The summed E-state index contributed by atoms with van der Waals surface area (Å²) in [7, 11) is 1.57. The molecule has 0 saturated heterocycles. The van der Waals surface area contributed by atoms with Gasteiger partial charge in [-0.3, -0.25) is 9.59 Å². The average molecular weight is 180 g/mol. The monoisotopic (exact) mass is 180 g/mol. The minimum absolute atomic E-state index is 0.0586. The number of nitrogens with one attached hydrogen (secondary N) is 2. The van der Waals surface area contributed by atoms with E-state index in [1.54, 1.807) is 7.05 Å². The number of hydrogen-bond acceptors (Lipinski definition) is 3. The molecule has 0 atom stereocenters. The lowest BCUT2D eigenvalue weighted by atomic mass is 10.4. The lowest BCUT2D eigenvalue weighted by molar-refractivity contribution is -0.116. The fraction of sp³-hybridized carbons (Fsp3) is 0.286. The number of aromatic nitrogens is 2. The van der Waals surface area contributed by atoms with Crippen molar-refractivity contribution in [3.05, 3.63) is 12.0 Å². The molecule has 2 heterocycles. The number of carbonyl (C=O) groups is 2. The van der Waals surface area contributed by atoms with Crippen molar-refractivity contribution < 1.29 is 9.59 Å². The molecule has 0 saturated carbocycles. The zero-order valence-corrected chi connectivity index (χ0v) is 7.00. The molecule has 0 fully saturated rings. The molecule has 0 aromatic carbocycles. The van der Waals surface area contributed by atoms with Crippen molar-refractivity contribution in [3.8, 4) is 0 Å². The van der Waals surface area contributed by atoms with Crippen LogP contribution in [-0.4, -0.2) is 40.3 Å². The molecule has 1 aromatic heterocycles. The highest BCUT2D eigenvalue weighted by molar-refractivity contribution is 6.06. The number of amides is 2. The van der Waals surface area contributed by atoms with Crippen molar-refractivity contribution in [2.75, 3.05) is 18.9 Å². The van der Waals surface area contributed by atoms with Crippen LogP contribution in [-0.2, 0) is 4.79 Å². The Balaban J connectivity index is 2.47. The Bertz CT molecular complexity index is 370. The fourth-order valence-electron chi connectivity index (χ4n) is 1.20. The zero-order chi connectivity index (χ0) is 9.42. The fourth-order valence-corrected chi connectivity index (χ4v) is 1.20. The van der Waals surface area contributed by atoms with E-state index < -0.39 is 0 Å². The Morgan fingerprint density at radius 2 is 2.31 bits per heavy atom. The summed E-state index contributed by atoms with van der Waals surface area (Å²) >= 11 is 0. The smallest absolute Gasteiger partial charge is 0.274 e. The van der Waals surface area contributed by atoms with Crippen LogP contribution in [0.4, 0.5) is 5.82 Å². The van der Waals surface area contributed by atoms with Gasteiger partial charge in [0.05, 0.1) is 12.9 Å². The van der Waals surface area contributed by atoms with Crippen molar-refractivity contribution in [1.82, 2.24) is 14.9 Å². The van der Waals surface area contributed by atoms with Gasteiger partial charge in [-0.05, 0) is 0 Å². The van der Waals surface area contributed by atoms with Crippen molar-refractivity contribution in [3.63, 3.8) is 0 Å². The van der Waals surface area contributed by atoms with Gasteiger partial charge in [0, 0.05) is 7.05 Å². The highest BCUT2D eigenvalue weighted by atomic mass is 16.2. The first-order chi connectivity index (χ1) is 6.18. The van der Waals surface area contributed by atoms with Crippen LogP contribution in [0.1, 0.15) is 10.5 Å². The van der Waals surface area contributed by atoms with E-state index in [-0.39, 0.29) is 18.4 Å². The van der Waals surface area contributed by atoms with E-state index in [4.69, 9.17) is 0 Å². The van der Waals surface area contributed by atoms with Crippen LogP contribution in [0.5, 0.6) is 0 Å². The van der Waals surface area contributed by atoms with Gasteiger partial charge in [0.15, 0.2) is 5.82 Å². The van der Waals surface area contributed by atoms with Crippen LogP contribution in [0, 0.1) is 0 Å². The van der Waals surface area contributed by atoms with Gasteiger partial charge < -0.3 is 15.2 Å². The van der Waals surface area contributed by atoms with E-state index in [1.807, 2.05) is 0 Å². The van der Waals surface area contributed by atoms with E-state index >= 15 is 0 Å². The summed E-state index contributed by atoms with van der Waals surface area (Å²) in [5.41, 5.74) is 0.327. The molecule has 0 unspecified atom stereocenters. The molecule has 13 heavy (non-hydrogen) atoms. The molecule has 0 radical (unpaired) electrons. The Morgan fingerprint density at radius 3 is 3.08 bits per heavy atom. The van der Waals surface area contributed by atoms with Gasteiger partial charge in [-0.25, -0.2) is 4.98 Å². The summed E-state index contributed by atoms with van der Waals surface area (Å²) in [5.74, 6) is -0.160. The lowest BCUT2D eigenvalue weighted by Gasteiger charge is -2.10. The molecule has 0 spiro atoms. The highest BCUT2D eigenvalue weighted by Crippen LogP contribution is 2.14. The normalized spacial score (nSPS) is 16.5. The van der Waals surface area contributed by atoms with E-state index in [1.165, 1.54) is 11.2 Å². The summed E-state index contributed by atoms with van der Waals surface area (Å²) in [6.45, 7) is 0.0586. The number of imidazole rings is 1. The number of anilines is 1. The molecular formula is C7H8N4O2. The van der Waals surface area contributed by atoms with Crippen LogP contribution >= 0.6 is 0 Å². The first-order valence-corrected chi connectivity index (χ1v) is 3.77. The Morgan fingerprint density at radius 1 is 1.54 bits per heavy atom. The number of hydrogen-bond donors (Lipinski definition) is 2. The first kappa shape index (κ1) is 7.78. The van der Waals surface area contributed by atoms with E-state index in [9.17, 15) is 9.59 Å². The van der Waals surface area contributed by atoms with E-state index in [0.29, 0.717) is 11.5 Å². The summed E-state index contributed by atoms with van der Waals surface area (Å²) in [6.07, 6.45) is 1.38. The number of aromatic amines is 1. The molecule has 6 heteroatoms. The number of nitrogens with zero attached hydrogens (tertiary/aromatic N) is 2. The average Bonchev–Trinajstić information content (AvgIpc) is 2.47. The zero-order valence-electron chi connectivity index (χ0n) is 7.00. The second-order valence-electron chi connectivity index (χ2n) is 2.84. The SMILES string of the molecule is CN1CC(=O)Nc2nc[nH]c2C1=O. The molecule has 1 aliphatic heterocycles. The predicted octanol–water partition coefficient (Wildman–Crippen LogP) is -0.566. The maximum Gasteiger partial charge on any atom is 0.274 e. The molecule has 1 aromatic rings. The van der Waals surface area contributed by atoms with Gasteiger partial charge in [-0.2, -0.15) is 0 Å². The van der Waals surface area contributed by atoms with Crippen molar-refractivity contribution in [2.24, 2.45) is 0 Å². The number of rotatable bonds is 0. The predicted molar refractivity (Wildman–Crippen MR) is 44.2 cm³/mol. The molecule has 2 rings (SSSR count). The third-order valence-electron chi connectivity index (χ3n) is 1.84. The second kappa shape index (κ2) is 2.58. The molecule has 1 aliphatic rings. The summed E-state index contributed by atoms with van der Waals surface area (Å²) < 4.78 is 0.